The van der Waals surface area contributed by atoms with Crippen LogP contribution in [0.1, 0.15) is 25.7 Å². The van der Waals surface area contributed by atoms with Crippen LogP contribution in [0.15, 0.2) is 18.3 Å². The summed E-state index contributed by atoms with van der Waals surface area (Å²) in [5, 5.41) is 13.6. The number of pyridine rings is 1. The van der Waals surface area contributed by atoms with Gasteiger partial charge in [-0.05, 0) is 49.8 Å². The Morgan fingerprint density at radius 1 is 1.44 bits per heavy atom. The van der Waals surface area contributed by atoms with E-state index in [1.807, 2.05) is 48.5 Å². The Hall–Kier alpha value is -1.47. The Bertz CT molecular complexity index is 538. The van der Waals surface area contributed by atoms with E-state index in [9.17, 15) is 9.90 Å². The SMILES string of the molecule is CSCC[C@H](O)C(=O)N1CCC[C@@H](Nc2ccc(N(C)C)nc2)CC1. The lowest BCUT2D eigenvalue weighted by molar-refractivity contribution is -0.140. The lowest BCUT2D eigenvalue weighted by Gasteiger charge is -2.23. The Morgan fingerprint density at radius 2 is 2.24 bits per heavy atom. The largest absolute Gasteiger partial charge is 0.383 e. The molecule has 1 saturated heterocycles. The molecule has 1 amide bonds. The molecule has 7 heteroatoms. The highest BCUT2D eigenvalue weighted by molar-refractivity contribution is 7.98. The number of hydrogen-bond donors (Lipinski definition) is 2. The van der Waals surface area contributed by atoms with Crippen LogP contribution in [0.3, 0.4) is 0 Å². The van der Waals surface area contributed by atoms with Gasteiger partial charge in [-0.2, -0.15) is 11.8 Å². The van der Waals surface area contributed by atoms with E-state index in [-0.39, 0.29) is 5.91 Å². The van der Waals surface area contributed by atoms with Crippen molar-refractivity contribution in [2.24, 2.45) is 0 Å². The van der Waals surface area contributed by atoms with Gasteiger partial charge in [-0.1, -0.05) is 0 Å². The smallest absolute Gasteiger partial charge is 0.251 e. The number of carbonyl (C=O) groups is 1. The molecule has 140 valence electrons. The van der Waals surface area contributed by atoms with E-state index in [2.05, 4.69) is 10.3 Å². The van der Waals surface area contributed by atoms with Crippen molar-refractivity contribution in [2.45, 2.75) is 37.8 Å². The predicted octanol–water partition coefficient (Wildman–Crippen LogP) is 2.05. The van der Waals surface area contributed by atoms with Crippen LogP contribution in [-0.2, 0) is 4.79 Å². The monoisotopic (exact) mass is 366 g/mol. The first-order valence-electron chi connectivity index (χ1n) is 8.87. The van der Waals surface area contributed by atoms with Gasteiger partial charge in [0.25, 0.3) is 5.91 Å². The first-order valence-corrected chi connectivity index (χ1v) is 10.3. The Morgan fingerprint density at radius 3 is 2.88 bits per heavy atom. The summed E-state index contributed by atoms with van der Waals surface area (Å²) in [6.45, 7) is 1.42. The highest BCUT2D eigenvalue weighted by atomic mass is 32.2. The van der Waals surface area contributed by atoms with Crippen molar-refractivity contribution in [3.8, 4) is 0 Å². The second-order valence-electron chi connectivity index (χ2n) is 6.69. The maximum atomic E-state index is 12.4. The first kappa shape index (κ1) is 19.8. The molecular formula is C18H30N4O2S. The fourth-order valence-corrected chi connectivity index (χ4v) is 3.46. The molecule has 2 rings (SSSR count). The van der Waals surface area contributed by atoms with Gasteiger partial charge in [0.15, 0.2) is 0 Å². The van der Waals surface area contributed by atoms with Crippen LogP contribution in [0, 0.1) is 0 Å². The van der Waals surface area contributed by atoms with Crippen LogP contribution >= 0.6 is 11.8 Å². The Kier molecular flexibility index (Phi) is 7.84. The van der Waals surface area contributed by atoms with E-state index in [1.54, 1.807) is 11.8 Å². The fourth-order valence-electron chi connectivity index (χ4n) is 3.00. The zero-order chi connectivity index (χ0) is 18.2. The van der Waals surface area contributed by atoms with Crippen molar-refractivity contribution in [3.63, 3.8) is 0 Å². The van der Waals surface area contributed by atoms with Crippen molar-refractivity contribution in [1.82, 2.24) is 9.88 Å². The van der Waals surface area contributed by atoms with Crippen LogP contribution in [-0.4, -0.2) is 72.2 Å². The van der Waals surface area contributed by atoms with Crippen LogP contribution < -0.4 is 10.2 Å². The summed E-state index contributed by atoms with van der Waals surface area (Å²) in [6, 6.07) is 4.37. The van der Waals surface area contributed by atoms with Gasteiger partial charge in [0.2, 0.25) is 0 Å². The average molecular weight is 367 g/mol. The molecule has 1 fully saturated rings. The maximum Gasteiger partial charge on any atom is 0.251 e. The predicted molar refractivity (Wildman–Crippen MR) is 105 cm³/mol. The average Bonchev–Trinajstić information content (AvgIpc) is 2.85. The number of hydrogen-bond acceptors (Lipinski definition) is 6. The van der Waals surface area contributed by atoms with Crippen LogP contribution in [0.2, 0.25) is 0 Å². The molecule has 0 radical (unpaired) electrons. The number of anilines is 2. The summed E-state index contributed by atoms with van der Waals surface area (Å²) in [4.78, 5) is 20.6. The second-order valence-corrected chi connectivity index (χ2v) is 7.68. The maximum absolute atomic E-state index is 12.4. The highest BCUT2D eigenvalue weighted by Crippen LogP contribution is 2.19. The molecule has 0 bridgehead atoms. The molecule has 2 N–H and O–H groups in total. The van der Waals surface area contributed by atoms with Crippen molar-refractivity contribution >= 4 is 29.2 Å². The van der Waals surface area contributed by atoms with Gasteiger partial charge < -0.3 is 20.2 Å². The number of aliphatic hydroxyl groups excluding tert-OH is 1. The molecule has 2 atom stereocenters. The number of thioether (sulfide) groups is 1. The van der Waals surface area contributed by atoms with Gasteiger partial charge in [0.1, 0.15) is 11.9 Å². The molecular weight excluding hydrogens is 336 g/mol. The van der Waals surface area contributed by atoms with E-state index in [1.165, 1.54) is 0 Å². The van der Waals surface area contributed by atoms with Gasteiger partial charge in [0, 0.05) is 33.2 Å². The molecule has 1 aliphatic heterocycles. The third-order valence-electron chi connectivity index (χ3n) is 4.50. The van der Waals surface area contributed by atoms with Crippen molar-refractivity contribution < 1.29 is 9.90 Å². The van der Waals surface area contributed by atoms with Gasteiger partial charge in [-0.25, -0.2) is 4.98 Å². The minimum atomic E-state index is -0.861. The normalized spacial score (nSPS) is 19.2. The molecule has 2 heterocycles. The van der Waals surface area contributed by atoms with Crippen LogP contribution in [0.5, 0.6) is 0 Å². The van der Waals surface area contributed by atoms with E-state index in [0.29, 0.717) is 19.0 Å². The van der Waals surface area contributed by atoms with E-state index in [0.717, 1.165) is 43.1 Å². The molecule has 6 nitrogen and oxygen atoms in total. The summed E-state index contributed by atoms with van der Waals surface area (Å²) in [5.74, 6) is 1.62. The minimum absolute atomic E-state index is 0.119. The van der Waals surface area contributed by atoms with Gasteiger partial charge >= 0.3 is 0 Å². The summed E-state index contributed by atoms with van der Waals surface area (Å²) in [6.07, 6.45) is 6.36. The molecule has 0 aromatic carbocycles. The van der Waals surface area contributed by atoms with E-state index < -0.39 is 6.10 Å². The molecule has 25 heavy (non-hydrogen) atoms. The lowest BCUT2D eigenvalue weighted by Crippen LogP contribution is -2.40. The fraction of sp³-hybridized carbons (Fsp3) is 0.667. The lowest BCUT2D eigenvalue weighted by atomic mass is 10.1. The molecule has 1 aromatic heterocycles. The van der Waals surface area contributed by atoms with Gasteiger partial charge in [0.05, 0.1) is 11.9 Å². The van der Waals surface area contributed by atoms with E-state index in [4.69, 9.17) is 0 Å². The van der Waals surface area contributed by atoms with Crippen LogP contribution in [0.25, 0.3) is 0 Å². The number of aromatic nitrogens is 1. The van der Waals surface area contributed by atoms with Crippen molar-refractivity contribution in [3.05, 3.63) is 18.3 Å². The number of amides is 1. The Labute approximate surface area is 155 Å². The van der Waals surface area contributed by atoms with Gasteiger partial charge in [-0.3, -0.25) is 4.79 Å². The van der Waals surface area contributed by atoms with Crippen molar-refractivity contribution in [1.29, 1.82) is 0 Å². The van der Waals surface area contributed by atoms with Gasteiger partial charge in [-0.15, -0.1) is 0 Å². The third kappa shape index (κ3) is 6.08. The topological polar surface area (TPSA) is 68.7 Å². The molecule has 1 aliphatic rings. The zero-order valence-electron chi connectivity index (χ0n) is 15.4. The summed E-state index contributed by atoms with van der Waals surface area (Å²) < 4.78 is 0. The number of nitrogens with one attached hydrogen (secondary N) is 1. The summed E-state index contributed by atoms with van der Waals surface area (Å²) >= 11 is 1.65. The zero-order valence-corrected chi connectivity index (χ0v) is 16.3. The molecule has 0 saturated carbocycles. The molecule has 1 aromatic rings. The molecule has 0 spiro atoms. The third-order valence-corrected chi connectivity index (χ3v) is 5.14. The number of aliphatic hydroxyl groups is 1. The molecule has 0 unspecified atom stereocenters. The number of nitrogens with zero attached hydrogens (tertiary/aromatic N) is 3. The summed E-state index contributed by atoms with van der Waals surface area (Å²) in [7, 11) is 3.94. The standard InChI is InChI=1S/C18H30N4O2S/c1-21(2)17-7-6-15(13-19-17)20-14-5-4-10-22(11-8-14)18(24)16(23)9-12-25-3/h6-7,13-14,16,20,23H,4-5,8-12H2,1-3H3/t14-,16+/m1/s1. The number of likely N-dealkylation sites (tertiary alicyclic amines) is 1. The van der Waals surface area contributed by atoms with Crippen LogP contribution in [0.4, 0.5) is 11.5 Å². The number of rotatable bonds is 7. The number of carbonyl (C=O) groups excluding carboxylic acids is 1. The van der Waals surface area contributed by atoms with Crippen molar-refractivity contribution in [2.75, 3.05) is 49.4 Å². The minimum Gasteiger partial charge on any atom is -0.383 e. The second kappa shape index (κ2) is 9.87. The van der Waals surface area contributed by atoms with E-state index >= 15 is 0 Å². The summed E-state index contributed by atoms with van der Waals surface area (Å²) in [5.41, 5.74) is 1.01. The molecule has 0 aliphatic carbocycles. The Balaban J connectivity index is 1.85. The highest BCUT2D eigenvalue weighted by Gasteiger charge is 2.25. The first-order chi connectivity index (χ1) is 12.0. The quantitative estimate of drug-likeness (QED) is 0.770.